The summed E-state index contributed by atoms with van der Waals surface area (Å²) in [5.41, 5.74) is 6.14. The fourth-order valence-corrected chi connectivity index (χ4v) is 1.92. The molecule has 0 aliphatic carbocycles. The Morgan fingerprint density at radius 2 is 1.84 bits per heavy atom. The van der Waals surface area contributed by atoms with Gasteiger partial charge in [-0.15, -0.1) is 0 Å². The van der Waals surface area contributed by atoms with Crippen molar-refractivity contribution in [2.24, 2.45) is 5.73 Å². The van der Waals surface area contributed by atoms with Gasteiger partial charge >= 0.3 is 0 Å². The molecule has 0 fully saturated rings. The van der Waals surface area contributed by atoms with E-state index in [-0.39, 0.29) is 10.0 Å². The Morgan fingerprint density at radius 1 is 1.11 bits per heavy atom. The largest absolute Gasteiger partial charge is 0.456 e. The number of rotatable bonds is 3. The van der Waals surface area contributed by atoms with E-state index in [0.29, 0.717) is 22.1 Å². The summed E-state index contributed by atoms with van der Waals surface area (Å²) in [6, 6.07) is 8.97. The summed E-state index contributed by atoms with van der Waals surface area (Å²) in [4.78, 5) is 0.248. The summed E-state index contributed by atoms with van der Waals surface area (Å²) >= 11 is 16.6. The third kappa shape index (κ3) is 3.35. The molecule has 0 heterocycles. The first-order chi connectivity index (χ1) is 8.97. The highest BCUT2D eigenvalue weighted by Gasteiger charge is 2.07. The molecule has 2 N–H and O–H groups in total. The fourth-order valence-electron chi connectivity index (χ4n) is 1.40. The van der Waals surface area contributed by atoms with Crippen molar-refractivity contribution in [3.63, 3.8) is 0 Å². The highest BCUT2D eigenvalue weighted by Crippen LogP contribution is 2.31. The molecule has 0 bridgehead atoms. The van der Waals surface area contributed by atoms with Crippen LogP contribution in [0.1, 0.15) is 5.56 Å². The quantitative estimate of drug-likeness (QED) is 0.843. The molecule has 0 aliphatic heterocycles. The lowest BCUT2D eigenvalue weighted by Crippen LogP contribution is -2.08. The Balaban J connectivity index is 2.28. The van der Waals surface area contributed by atoms with Crippen molar-refractivity contribution in [3.05, 3.63) is 57.8 Å². The number of thiocarbonyl (C=S) groups is 1. The maximum absolute atomic E-state index is 13.0. The molecule has 2 nitrogen and oxygen atoms in total. The molecule has 6 heteroatoms. The van der Waals surface area contributed by atoms with Crippen molar-refractivity contribution in [2.75, 3.05) is 0 Å². The van der Waals surface area contributed by atoms with Gasteiger partial charge in [-0.05, 0) is 30.3 Å². The molecule has 0 saturated heterocycles. The summed E-state index contributed by atoms with van der Waals surface area (Å²) in [7, 11) is 0. The minimum atomic E-state index is -0.510. The van der Waals surface area contributed by atoms with Crippen molar-refractivity contribution in [2.45, 2.75) is 0 Å². The van der Waals surface area contributed by atoms with Gasteiger partial charge in [-0.3, -0.25) is 0 Å². The van der Waals surface area contributed by atoms with Gasteiger partial charge in [0.25, 0.3) is 0 Å². The van der Waals surface area contributed by atoms with Crippen LogP contribution in [0.15, 0.2) is 36.4 Å². The molecule has 0 saturated carbocycles. The van der Waals surface area contributed by atoms with E-state index in [0.717, 1.165) is 0 Å². The lowest BCUT2D eigenvalue weighted by atomic mass is 10.2. The van der Waals surface area contributed by atoms with Gasteiger partial charge in [-0.1, -0.05) is 35.4 Å². The Kier molecular flexibility index (Phi) is 4.24. The molecule has 0 unspecified atom stereocenters. The maximum Gasteiger partial charge on any atom is 0.146 e. The maximum atomic E-state index is 13.0. The van der Waals surface area contributed by atoms with Crippen molar-refractivity contribution < 1.29 is 9.13 Å². The lowest BCUT2D eigenvalue weighted by molar-refractivity contribution is 0.481. The molecular weight excluding hydrogens is 308 g/mol. The number of hydrogen-bond donors (Lipinski definition) is 1. The second-order valence-electron chi connectivity index (χ2n) is 3.69. The molecule has 0 aromatic heterocycles. The molecule has 19 heavy (non-hydrogen) atoms. The van der Waals surface area contributed by atoms with E-state index in [1.54, 1.807) is 18.2 Å². The third-order valence-electron chi connectivity index (χ3n) is 2.34. The van der Waals surface area contributed by atoms with Gasteiger partial charge in [-0.25, -0.2) is 4.39 Å². The van der Waals surface area contributed by atoms with Gasteiger partial charge in [0.15, 0.2) is 0 Å². The van der Waals surface area contributed by atoms with Crippen molar-refractivity contribution >= 4 is 40.4 Å². The number of ether oxygens (including phenoxy) is 1. The molecule has 98 valence electrons. The molecule has 0 aliphatic rings. The van der Waals surface area contributed by atoms with Crippen molar-refractivity contribution in [3.8, 4) is 11.5 Å². The fraction of sp³-hybridized carbons (Fsp3) is 0. The van der Waals surface area contributed by atoms with Crippen LogP contribution in [0.5, 0.6) is 11.5 Å². The van der Waals surface area contributed by atoms with Gasteiger partial charge in [0.1, 0.15) is 22.3 Å². The normalized spacial score (nSPS) is 10.3. The van der Waals surface area contributed by atoms with Crippen molar-refractivity contribution in [1.82, 2.24) is 0 Å². The topological polar surface area (TPSA) is 35.2 Å². The SMILES string of the molecule is NC(=S)c1ccc(Oc2ccc(F)c(Cl)c2)c(Cl)c1. The average Bonchev–Trinajstić information content (AvgIpc) is 2.36. The molecule has 0 radical (unpaired) electrons. The number of nitrogens with two attached hydrogens (primary N) is 1. The lowest BCUT2D eigenvalue weighted by Gasteiger charge is -2.09. The monoisotopic (exact) mass is 315 g/mol. The van der Waals surface area contributed by atoms with Crippen LogP contribution in [0.3, 0.4) is 0 Å². The Bertz CT molecular complexity index is 649. The predicted octanol–water partition coefficient (Wildman–Crippen LogP) is 4.56. The van der Waals surface area contributed by atoms with Gasteiger partial charge in [-0.2, -0.15) is 0 Å². The van der Waals surface area contributed by atoms with Crippen LogP contribution >= 0.6 is 35.4 Å². The van der Waals surface area contributed by atoms with E-state index in [9.17, 15) is 4.39 Å². The second-order valence-corrected chi connectivity index (χ2v) is 4.94. The first-order valence-corrected chi connectivity index (χ1v) is 6.36. The number of benzene rings is 2. The Labute approximate surface area is 124 Å². The van der Waals surface area contributed by atoms with Gasteiger partial charge < -0.3 is 10.5 Å². The highest BCUT2D eigenvalue weighted by molar-refractivity contribution is 7.80. The van der Waals surface area contributed by atoms with E-state index in [4.69, 9.17) is 45.9 Å². The summed E-state index contributed by atoms with van der Waals surface area (Å²) in [5, 5.41) is 0.333. The van der Waals surface area contributed by atoms with Crippen LogP contribution in [-0.4, -0.2) is 4.99 Å². The van der Waals surface area contributed by atoms with Crippen LogP contribution < -0.4 is 10.5 Å². The zero-order valence-corrected chi connectivity index (χ0v) is 11.8. The molecule has 0 amide bonds. The van der Waals surface area contributed by atoms with E-state index in [2.05, 4.69) is 0 Å². The summed E-state index contributed by atoms with van der Waals surface area (Å²) in [5.74, 6) is 0.282. The van der Waals surface area contributed by atoms with Gasteiger partial charge in [0.2, 0.25) is 0 Å². The van der Waals surface area contributed by atoms with E-state index in [1.165, 1.54) is 18.2 Å². The van der Waals surface area contributed by atoms with Crippen LogP contribution in [0.25, 0.3) is 0 Å². The van der Waals surface area contributed by atoms with E-state index >= 15 is 0 Å². The summed E-state index contributed by atoms with van der Waals surface area (Å²) < 4.78 is 18.5. The highest BCUT2D eigenvalue weighted by atomic mass is 35.5. The zero-order valence-electron chi connectivity index (χ0n) is 9.49. The minimum absolute atomic E-state index is 0.0200. The number of halogens is 3. The molecular formula is C13H8Cl2FNOS. The Hall–Kier alpha value is -1.36. The first kappa shape index (κ1) is 14.1. The average molecular weight is 316 g/mol. The van der Waals surface area contributed by atoms with Crippen LogP contribution in [0.2, 0.25) is 10.0 Å². The molecule has 0 atom stereocenters. The van der Waals surface area contributed by atoms with Gasteiger partial charge in [0.05, 0.1) is 10.0 Å². The van der Waals surface area contributed by atoms with E-state index < -0.39 is 5.82 Å². The van der Waals surface area contributed by atoms with E-state index in [1.807, 2.05) is 0 Å². The Morgan fingerprint density at radius 3 is 2.42 bits per heavy atom. The predicted molar refractivity (Wildman–Crippen MR) is 78.8 cm³/mol. The smallest absolute Gasteiger partial charge is 0.146 e. The van der Waals surface area contributed by atoms with Crippen molar-refractivity contribution in [1.29, 1.82) is 0 Å². The third-order valence-corrected chi connectivity index (χ3v) is 3.16. The van der Waals surface area contributed by atoms with Crippen LogP contribution in [0, 0.1) is 5.82 Å². The zero-order chi connectivity index (χ0) is 14.0. The van der Waals surface area contributed by atoms with Crippen LogP contribution in [-0.2, 0) is 0 Å². The standard InChI is InChI=1S/C13H8Cl2FNOS/c14-9-6-8(2-3-11(9)16)18-12-4-1-7(13(17)19)5-10(12)15/h1-6H,(H2,17,19). The minimum Gasteiger partial charge on any atom is -0.456 e. The first-order valence-electron chi connectivity index (χ1n) is 5.19. The van der Waals surface area contributed by atoms with Gasteiger partial charge in [0, 0.05) is 11.6 Å². The molecule has 2 aromatic carbocycles. The number of hydrogen-bond acceptors (Lipinski definition) is 2. The second kappa shape index (κ2) is 5.74. The molecule has 2 aromatic rings. The van der Waals surface area contributed by atoms with Crippen LogP contribution in [0.4, 0.5) is 4.39 Å². The molecule has 0 spiro atoms. The molecule has 2 rings (SSSR count). The summed E-state index contributed by atoms with van der Waals surface area (Å²) in [6.07, 6.45) is 0. The summed E-state index contributed by atoms with van der Waals surface area (Å²) in [6.45, 7) is 0.